The Kier molecular flexibility index (Phi) is 5.83. The van der Waals surface area contributed by atoms with Crippen LogP contribution in [0, 0.1) is 0 Å². The minimum atomic E-state index is -0.391. The fraction of sp³-hybridized carbons (Fsp3) is 0.444. The first-order valence-corrected chi connectivity index (χ1v) is 8.74. The molecule has 0 spiro atoms. The van der Waals surface area contributed by atoms with E-state index in [1.165, 1.54) is 20.0 Å². The van der Waals surface area contributed by atoms with Crippen molar-refractivity contribution in [2.45, 2.75) is 25.7 Å². The van der Waals surface area contributed by atoms with E-state index in [-0.39, 0.29) is 6.01 Å². The number of ether oxygens (including phenoxy) is 2. The highest BCUT2D eigenvalue weighted by Gasteiger charge is 2.16. The molecule has 138 valence electrons. The van der Waals surface area contributed by atoms with Gasteiger partial charge in [-0.15, -0.1) is 0 Å². The molecule has 1 aliphatic rings. The van der Waals surface area contributed by atoms with Crippen LogP contribution < -0.4 is 15.0 Å². The molecular weight excluding hydrogens is 334 g/mol. The summed E-state index contributed by atoms with van der Waals surface area (Å²) in [6.07, 6.45) is 4.73. The lowest BCUT2D eigenvalue weighted by molar-refractivity contribution is 0.0600. The summed E-state index contributed by atoms with van der Waals surface area (Å²) in [5.74, 6) is 1.22. The zero-order valence-corrected chi connectivity index (χ0v) is 15.1. The van der Waals surface area contributed by atoms with Gasteiger partial charge in [-0.25, -0.2) is 4.79 Å². The highest BCUT2D eigenvalue weighted by Crippen LogP contribution is 2.23. The second-order valence-electron chi connectivity index (χ2n) is 6.01. The third-order valence-electron chi connectivity index (χ3n) is 4.20. The van der Waals surface area contributed by atoms with Gasteiger partial charge in [0, 0.05) is 20.1 Å². The highest BCUT2D eigenvalue weighted by atomic mass is 16.5. The smallest absolute Gasteiger partial charge is 0.337 e. The minimum Gasteiger partial charge on any atom is -0.465 e. The lowest BCUT2D eigenvalue weighted by Crippen LogP contribution is -2.26. The van der Waals surface area contributed by atoms with Gasteiger partial charge in [-0.1, -0.05) is 12.8 Å². The van der Waals surface area contributed by atoms with E-state index in [2.05, 4.69) is 25.2 Å². The molecule has 2 heterocycles. The maximum Gasteiger partial charge on any atom is 0.337 e. The first-order chi connectivity index (χ1) is 12.7. The maximum absolute atomic E-state index is 11.5. The number of hydrogen-bond donors (Lipinski definition) is 1. The van der Waals surface area contributed by atoms with Crippen LogP contribution in [0.2, 0.25) is 0 Å². The number of anilines is 2. The Bertz CT molecular complexity index is 743. The molecule has 8 heteroatoms. The standard InChI is InChI=1S/C18H23N5O3/c1-19-16-20-17(23-11-5-3-4-6-12-23)22-18(21-16)26-14-9-7-13(8-10-14)15(24)25-2/h7-10H,3-6,11-12H2,1-2H3,(H,19,20,21,22). The number of esters is 1. The van der Waals surface area contributed by atoms with Crippen molar-refractivity contribution in [3.63, 3.8) is 0 Å². The number of carbonyl (C=O) groups excluding carboxylic acids is 1. The van der Waals surface area contributed by atoms with Crippen LogP contribution in [-0.4, -0.2) is 48.2 Å². The molecule has 0 radical (unpaired) electrons. The average Bonchev–Trinajstić information content (AvgIpc) is 2.97. The van der Waals surface area contributed by atoms with Crippen molar-refractivity contribution in [2.75, 3.05) is 37.5 Å². The van der Waals surface area contributed by atoms with Crippen LogP contribution in [0.5, 0.6) is 11.8 Å². The van der Waals surface area contributed by atoms with Gasteiger partial charge < -0.3 is 19.7 Å². The molecule has 1 aromatic heterocycles. The third kappa shape index (κ3) is 4.38. The fourth-order valence-electron chi connectivity index (χ4n) is 2.80. The third-order valence-corrected chi connectivity index (χ3v) is 4.20. The molecular formula is C18H23N5O3. The van der Waals surface area contributed by atoms with E-state index in [4.69, 9.17) is 9.47 Å². The van der Waals surface area contributed by atoms with Gasteiger partial charge in [-0.05, 0) is 37.1 Å². The van der Waals surface area contributed by atoms with E-state index in [0.717, 1.165) is 25.9 Å². The summed E-state index contributed by atoms with van der Waals surface area (Å²) < 4.78 is 10.5. The minimum absolute atomic E-state index is 0.217. The van der Waals surface area contributed by atoms with Crippen LogP contribution in [0.25, 0.3) is 0 Å². The van der Waals surface area contributed by atoms with Crippen LogP contribution in [0.4, 0.5) is 11.9 Å². The number of rotatable bonds is 5. The van der Waals surface area contributed by atoms with Gasteiger partial charge in [0.15, 0.2) is 0 Å². The van der Waals surface area contributed by atoms with E-state index < -0.39 is 5.97 Å². The van der Waals surface area contributed by atoms with Gasteiger partial charge in [-0.3, -0.25) is 0 Å². The average molecular weight is 357 g/mol. The summed E-state index contributed by atoms with van der Waals surface area (Å²) in [7, 11) is 3.11. The Morgan fingerprint density at radius 1 is 1.04 bits per heavy atom. The van der Waals surface area contributed by atoms with Gasteiger partial charge in [-0.2, -0.15) is 15.0 Å². The zero-order valence-electron chi connectivity index (χ0n) is 15.1. The number of aromatic nitrogens is 3. The molecule has 8 nitrogen and oxygen atoms in total. The second kappa shape index (κ2) is 8.46. The predicted molar refractivity (Wildman–Crippen MR) is 97.9 cm³/mol. The van der Waals surface area contributed by atoms with Crippen molar-refractivity contribution in [1.82, 2.24) is 15.0 Å². The second-order valence-corrected chi connectivity index (χ2v) is 6.01. The summed E-state index contributed by atoms with van der Waals surface area (Å²) in [4.78, 5) is 26.9. The van der Waals surface area contributed by atoms with Crippen molar-refractivity contribution >= 4 is 17.9 Å². The van der Waals surface area contributed by atoms with E-state index in [1.807, 2.05) is 0 Å². The molecule has 1 N–H and O–H groups in total. The van der Waals surface area contributed by atoms with Crippen molar-refractivity contribution in [3.8, 4) is 11.8 Å². The largest absolute Gasteiger partial charge is 0.465 e. The molecule has 0 amide bonds. The summed E-state index contributed by atoms with van der Waals surface area (Å²) in [5.41, 5.74) is 0.455. The Balaban J connectivity index is 1.80. The molecule has 0 aliphatic carbocycles. The van der Waals surface area contributed by atoms with E-state index in [1.54, 1.807) is 31.3 Å². The monoisotopic (exact) mass is 357 g/mol. The number of hydrogen-bond acceptors (Lipinski definition) is 8. The van der Waals surface area contributed by atoms with Gasteiger partial charge in [0.25, 0.3) is 0 Å². The number of methoxy groups -OCH3 is 1. The van der Waals surface area contributed by atoms with E-state index in [0.29, 0.717) is 23.2 Å². The number of benzene rings is 1. The molecule has 1 fully saturated rings. The van der Waals surface area contributed by atoms with Crippen LogP contribution in [-0.2, 0) is 4.74 Å². The first kappa shape index (κ1) is 17.9. The molecule has 0 unspecified atom stereocenters. The summed E-state index contributed by atoms with van der Waals surface area (Å²) in [5, 5.41) is 2.95. The van der Waals surface area contributed by atoms with Crippen molar-refractivity contribution in [2.24, 2.45) is 0 Å². The highest BCUT2D eigenvalue weighted by molar-refractivity contribution is 5.89. The molecule has 26 heavy (non-hydrogen) atoms. The van der Waals surface area contributed by atoms with Crippen LogP contribution >= 0.6 is 0 Å². The molecule has 0 bridgehead atoms. The Labute approximate surface area is 152 Å². The SMILES string of the molecule is CNc1nc(Oc2ccc(C(=O)OC)cc2)nc(N2CCCCCC2)n1. The van der Waals surface area contributed by atoms with Crippen molar-refractivity contribution < 1.29 is 14.3 Å². The first-order valence-electron chi connectivity index (χ1n) is 8.74. The van der Waals surface area contributed by atoms with Crippen LogP contribution in [0.3, 0.4) is 0 Å². The van der Waals surface area contributed by atoms with Gasteiger partial charge >= 0.3 is 12.0 Å². The molecule has 0 atom stereocenters. The Morgan fingerprint density at radius 2 is 1.73 bits per heavy atom. The molecule has 1 saturated heterocycles. The van der Waals surface area contributed by atoms with Crippen molar-refractivity contribution in [1.29, 1.82) is 0 Å². The van der Waals surface area contributed by atoms with Gasteiger partial charge in [0.2, 0.25) is 11.9 Å². The molecule has 1 aromatic carbocycles. The van der Waals surface area contributed by atoms with Gasteiger partial charge in [0.05, 0.1) is 12.7 Å². The molecule has 0 saturated carbocycles. The molecule has 2 aromatic rings. The predicted octanol–water partition coefficient (Wildman–Crippen LogP) is 2.87. The van der Waals surface area contributed by atoms with Crippen molar-refractivity contribution in [3.05, 3.63) is 29.8 Å². The van der Waals surface area contributed by atoms with Crippen LogP contribution in [0.15, 0.2) is 24.3 Å². The molecule has 3 rings (SSSR count). The zero-order chi connectivity index (χ0) is 18.4. The summed E-state index contributed by atoms with van der Waals surface area (Å²) >= 11 is 0. The normalized spacial score (nSPS) is 14.5. The topological polar surface area (TPSA) is 89.5 Å². The molecule has 1 aliphatic heterocycles. The number of nitrogens with one attached hydrogen (secondary N) is 1. The Hall–Kier alpha value is -2.90. The van der Waals surface area contributed by atoms with Crippen LogP contribution in [0.1, 0.15) is 36.0 Å². The fourth-order valence-corrected chi connectivity index (χ4v) is 2.80. The summed E-state index contributed by atoms with van der Waals surface area (Å²) in [6, 6.07) is 6.85. The summed E-state index contributed by atoms with van der Waals surface area (Å²) in [6.45, 7) is 1.86. The maximum atomic E-state index is 11.5. The van der Waals surface area contributed by atoms with E-state index >= 15 is 0 Å². The quantitative estimate of drug-likeness (QED) is 0.817. The lowest BCUT2D eigenvalue weighted by Gasteiger charge is -2.20. The number of nitrogens with zero attached hydrogens (tertiary/aromatic N) is 4. The number of carbonyl (C=O) groups is 1. The lowest BCUT2D eigenvalue weighted by atomic mass is 10.2. The van der Waals surface area contributed by atoms with E-state index in [9.17, 15) is 4.79 Å². The van der Waals surface area contributed by atoms with Gasteiger partial charge in [0.1, 0.15) is 5.75 Å². The Morgan fingerprint density at radius 3 is 2.35 bits per heavy atom.